The molecular weight excluding hydrogens is 114 g/mol. The van der Waals surface area contributed by atoms with Crippen LogP contribution in [-0.4, -0.2) is 18.9 Å². The molecule has 0 atom stereocenters. The summed E-state index contributed by atoms with van der Waals surface area (Å²) in [5.41, 5.74) is 10.6. The zero-order chi connectivity index (χ0) is 7.11. The van der Waals surface area contributed by atoms with Crippen LogP contribution in [-0.2, 0) is 0 Å². The van der Waals surface area contributed by atoms with E-state index < -0.39 is 0 Å². The van der Waals surface area contributed by atoms with E-state index >= 15 is 0 Å². The van der Waals surface area contributed by atoms with Crippen LogP contribution in [0.5, 0.6) is 0 Å². The molecule has 0 bridgehead atoms. The van der Waals surface area contributed by atoms with Crippen molar-refractivity contribution in [2.45, 2.75) is 19.8 Å². The van der Waals surface area contributed by atoms with Gasteiger partial charge >= 0.3 is 0 Å². The number of rotatable bonds is 4. The van der Waals surface area contributed by atoms with E-state index in [1.54, 1.807) is 6.92 Å². The Morgan fingerprint density at radius 2 is 2.11 bits per heavy atom. The lowest BCUT2D eigenvalue weighted by Gasteiger charge is -1.92. The summed E-state index contributed by atoms with van der Waals surface area (Å²) in [7, 11) is 0. The molecule has 0 amide bonds. The number of amidine groups is 1. The highest BCUT2D eigenvalue weighted by atomic mass is 14.8. The molecule has 9 heavy (non-hydrogen) atoms. The number of nitrogens with zero attached hydrogens (tertiary/aromatic N) is 1. The second kappa shape index (κ2) is 5.56. The van der Waals surface area contributed by atoms with Gasteiger partial charge in [0.1, 0.15) is 0 Å². The quantitative estimate of drug-likeness (QED) is 0.321. The van der Waals surface area contributed by atoms with E-state index in [0.29, 0.717) is 5.84 Å². The van der Waals surface area contributed by atoms with Gasteiger partial charge in [0.25, 0.3) is 0 Å². The van der Waals surface area contributed by atoms with Crippen LogP contribution in [0.4, 0.5) is 0 Å². The summed E-state index contributed by atoms with van der Waals surface area (Å²) in [4.78, 5) is 4.00. The van der Waals surface area contributed by atoms with Gasteiger partial charge in [0.15, 0.2) is 0 Å². The van der Waals surface area contributed by atoms with Crippen LogP contribution in [0.1, 0.15) is 19.8 Å². The lowest BCUT2D eigenvalue weighted by molar-refractivity contribution is 0.755. The summed E-state index contributed by atoms with van der Waals surface area (Å²) in [6.07, 6.45) is 2.09. The minimum atomic E-state index is 0.659. The van der Waals surface area contributed by atoms with Crippen LogP contribution in [0.2, 0.25) is 0 Å². The van der Waals surface area contributed by atoms with Crippen molar-refractivity contribution in [2.24, 2.45) is 16.5 Å². The molecule has 0 heterocycles. The van der Waals surface area contributed by atoms with Crippen LogP contribution in [0.25, 0.3) is 0 Å². The summed E-state index contributed by atoms with van der Waals surface area (Å²) >= 11 is 0. The fraction of sp³-hybridized carbons (Fsp3) is 0.833. The second-order valence-electron chi connectivity index (χ2n) is 2.02. The van der Waals surface area contributed by atoms with Crippen molar-refractivity contribution in [3.8, 4) is 0 Å². The van der Waals surface area contributed by atoms with E-state index in [9.17, 15) is 0 Å². The fourth-order valence-electron chi connectivity index (χ4n) is 0.512. The molecule has 0 aromatic carbocycles. The minimum Gasteiger partial charge on any atom is -0.388 e. The van der Waals surface area contributed by atoms with Crippen LogP contribution in [0.3, 0.4) is 0 Å². The Labute approximate surface area is 56.1 Å². The molecule has 0 radical (unpaired) electrons. The molecule has 54 valence electrons. The number of aliphatic imine (C=N–C) groups is 1. The largest absolute Gasteiger partial charge is 0.388 e. The average Bonchev–Trinajstić information content (AvgIpc) is 1.80. The molecule has 0 rings (SSSR count). The van der Waals surface area contributed by atoms with Gasteiger partial charge in [0, 0.05) is 6.54 Å². The molecule has 0 fully saturated rings. The first-order chi connectivity index (χ1) is 4.27. The molecule has 0 unspecified atom stereocenters. The molecule has 0 saturated heterocycles. The standard InChI is InChI=1S/C6H15N3/c1-6(8)9-5-3-2-4-7/h2-5,7H2,1H3,(H2,8,9). The van der Waals surface area contributed by atoms with Crippen molar-refractivity contribution in [1.29, 1.82) is 0 Å². The number of unbranched alkanes of at least 4 members (excludes halogenated alkanes) is 1. The summed E-state index contributed by atoms with van der Waals surface area (Å²) in [5.74, 6) is 0.659. The van der Waals surface area contributed by atoms with Crippen molar-refractivity contribution >= 4 is 5.84 Å². The van der Waals surface area contributed by atoms with Crippen molar-refractivity contribution in [1.82, 2.24) is 0 Å². The molecule has 0 aromatic heterocycles. The molecule has 0 aliphatic heterocycles. The van der Waals surface area contributed by atoms with Gasteiger partial charge in [-0.2, -0.15) is 0 Å². The number of nitrogens with two attached hydrogens (primary N) is 2. The Balaban J connectivity index is 3.00. The van der Waals surface area contributed by atoms with Gasteiger partial charge in [-0.15, -0.1) is 0 Å². The highest BCUT2D eigenvalue weighted by molar-refractivity contribution is 5.77. The Hall–Kier alpha value is -0.570. The number of hydrogen-bond donors (Lipinski definition) is 2. The fourth-order valence-corrected chi connectivity index (χ4v) is 0.512. The zero-order valence-corrected chi connectivity index (χ0v) is 5.93. The first-order valence-corrected chi connectivity index (χ1v) is 3.24. The highest BCUT2D eigenvalue weighted by Crippen LogP contribution is 1.85. The van der Waals surface area contributed by atoms with E-state index in [2.05, 4.69) is 4.99 Å². The molecule has 4 N–H and O–H groups in total. The van der Waals surface area contributed by atoms with Crippen LogP contribution in [0, 0.1) is 0 Å². The smallest absolute Gasteiger partial charge is 0.0905 e. The molecule has 0 saturated carbocycles. The van der Waals surface area contributed by atoms with Gasteiger partial charge < -0.3 is 11.5 Å². The third-order valence-corrected chi connectivity index (χ3v) is 0.973. The zero-order valence-electron chi connectivity index (χ0n) is 5.93. The van der Waals surface area contributed by atoms with Crippen molar-refractivity contribution in [3.05, 3.63) is 0 Å². The topological polar surface area (TPSA) is 64.4 Å². The summed E-state index contributed by atoms with van der Waals surface area (Å²) in [5, 5.41) is 0. The highest BCUT2D eigenvalue weighted by Gasteiger charge is 1.82. The summed E-state index contributed by atoms with van der Waals surface area (Å²) < 4.78 is 0. The molecule has 3 heteroatoms. The Morgan fingerprint density at radius 1 is 1.44 bits per heavy atom. The van der Waals surface area contributed by atoms with Gasteiger partial charge in [-0.05, 0) is 26.3 Å². The van der Waals surface area contributed by atoms with Gasteiger partial charge in [0.05, 0.1) is 5.84 Å². The molecular formula is C6H15N3. The molecule has 3 nitrogen and oxygen atoms in total. The Bertz CT molecular complexity index is 84.3. The van der Waals surface area contributed by atoms with Crippen LogP contribution >= 0.6 is 0 Å². The molecule has 0 spiro atoms. The average molecular weight is 129 g/mol. The maximum Gasteiger partial charge on any atom is 0.0905 e. The van der Waals surface area contributed by atoms with Crippen LogP contribution < -0.4 is 11.5 Å². The maximum atomic E-state index is 5.29. The monoisotopic (exact) mass is 129 g/mol. The van der Waals surface area contributed by atoms with Crippen LogP contribution in [0.15, 0.2) is 4.99 Å². The lowest BCUT2D eigenvalue weighted by atomic mass is 10.3. The van der Waals surface area contributed by atoms with Crippen molar-refractivity contribution in [2.75, 3.05) is 13.1 Å². The second-order valence-corrected chi connectivity index (χ2v) is 2.02. The Kier molecular flexibility index (Phi) is 5.21. The van der Waals surface area contributed by atoms with Gasteiger partial charge in [-0.25, -0.2) is 0 Å². The first-order valence-electron chi connectivity index (χ1n) is 3.24. The summed E-state index contributed by atoms with van der Waals surface area (Å²) in [6.45, 7) is 3.36. The first kappa shape index (κ1) is 8.43. The molecule has 0 aromatic rings. The number of hydrogen-bond acceptors (Lipinski definition) is 2. The predicted molar refractivity (Wildman–Crippen MR) is 40.5 cm³/mol. The van der Waals surface area contributed by atoms with Gasteiger partial charge in [-0.1, -0.05) is 0 Å². The minimum absolute atomic E-state index is 0.659. The molecule has 0 aliphatic carbocycles. The normalized spacial score (nSPS) is 12.0. The van der Waals surface area contributed by atoms with E-state index in [1.807, 2.05) is 0 Å². The van der Waals surface area contributed by atoms with Crippen molar-refractivity contribution in [3.63, 3.8) is 0 Å². The SMILES string of the molecule is CC(N)=NCCCCN. The van der Waals surface area contributed by atoms with E-state index in [1.165, 1.54) is 0 Å². The predicted octanol–water partition coefficient (Wildman–Crippen LogP) is 0.102. The van der Waals surface area contributed by atoms with E-state index in [4.69, 9.17) is 11.5 Å². The third kappa shape index (κ3) is 7.43. The lowest BCUT2D eigenvalue weighted by Crippen LogP contribution is -2.06. The molecule has 0 aliphatic rings. The van der Waals surface area contributed by atoms with Crippen molar-refractivity contribution < 1.29 is 0 Å². The van der Waals surface area contributed by atoms with E-state index in [0.717, 1.165) is 25.9 Å². The third-order valence-electron chi connectivity index (χ3n) is 0.973. The maximum absolute atomic E-state index is 5.29. The van der Waals surface area contributed by atoms with Gasteiger partial charge in [0.2, 0.25) is 0 Å². The van der Waals surface area contributed by atoms with Gasteiger partial charge in [-0.3, -0.25) is 4.99 Å². The summed E-state index contributed by atoms with van der Waals surface area (Å²) in [6, 6.07) is 0. The Morgan fingerprint density at radius 3 is 2.56 bits per heavy atom. The van der Waals surface area contributed by atoms with E-state index in [-0.39, 0.29) is 0 Å².